The van der Waals surface area contributed by atoms with E-state index in [9.17, 15) is 9.59 Å². The van der Waals surface area contributed by atoms with E-state index < -0.39 is 6.04 Å². The molecule has 1 saturated heterocycles. The van der Waals surface area contributed by atoms with Gasteiger partial charge < -0.3 is 0 Å². The van der Waals surface area contributed by atoms with Crippen molar-refractivity contribution >= 4 is 23.7 Å². The van der Waals surface area contributed by atoms with Gasteiger partial charge in [0, 0.05) is 13.6 Å². The van der Waals surface area contributed by atoms with E-state index in [0.29, 0.717) is 18.3 Å². The van der Waals surface area contributed by atoms with Crippen LogP contribution in [0.1, 0.15) is 18.7 Å². The first-order chi connectivity index (χ1) is 8.97. The summed E-state index contributed by atoms with van der Waals surface area (Å²) in [5, 5.41) is 0. The number of imidazole rings is 1. The Labute approximate surface area is 110 Å². The van der Waals surface area contributed by atoms with Crippen molar-refractivity contribution in [2.75, 3.05) is 13.6 Å². The zero-order valence-corrected chi connectivity index (χ0v) is 11.4. The van der Waals surface area contributed by atoms with Gasteiger partial charge in [-0.2, -0.15) is 0 Å². The van der Waals surface area contributed by atoms with Crippen molar-refractivity contribution in [3.63, 3.8) is 0 Å². The van der Waals surface area contributed by atoms with Gasteiger partial charge in [-0.25, -0.2) is 13.9 Å². The molecule has 3 rings (SSSR count). The fourth-order valence-electron chi connectivity index (χ4n) is 2.59. The maximum Gasteiger partial charge on any atom is 0.401 e. The predicted molar refractivity (Wildman–Crippen MR) is 67.0 cm³/mol. The van der Waals surface area contributed by atoms with Crippen molar-refractivity contribution < 1.29 is 14.2 Å². The summed E-state index contributed by atoms with van der Waals surface area (Å²) in [5.74, 6) is 0.993. The van der Waals surface area contributed by atoms with Crippen LogP contribution >= 0.6 is 0 Å². The Hall–Kier alpha value is -2.18. The minimum absolute atomic E-state index is 0.210. The summed E-state index contributed by atoms with van der Waals surface area (Å²) in [6.45, 7) is 4.12. The number of imide groups is 1. The molecule has 100 valence electrons. The number of urea groups is 1. The molecule has 0 aromatic carbocycles. The molecule has 2 aliphatic heterocycles. The molecule has 1 unspecified atom stereocenters. The number of hydrogen-bond acceptors (Lipinski definition) is 3. The highest BCUT2D eigenvalue weighted by molar-refractivity contribution is 6.18. The number of nitrogens with zero attached hydrogens (tertiary/aromatic N) is 5. The lowest BCUT2D eigenvalue weighted by molar-refractivity contribution is -0.677. The average Bonchev–Trinajstić information content (AvgIpc) is 2.86. The van der Waals surface area contributed by atoms with Gasteiger partial charge in [0.1, 0.15) is 11.9 Å². The number of rotatable bonds is 1. The Kier molecular flexibility index (Phi) is 2.29. The summed E-state index contributed by atoms with van der Waals surface area (Å²) < 4.78 is 3.74. The number of fused-ring (bicyclic) bond motifs is 3. The van der Waals surface area contributed by atoms with Crippen molar-refractivity contribution in [2.45, 2.75) is 19.9 Å². The molecule has 0 spiro atoms. The highest BCUT2D eigenvalue weighted by Gasteiger charge is 2.52. The van der Waals surface area contributed by atoms with Crippen molar-refractivity contribution in [3.8, 4) is 0 Å². The Bertz CT molecular complexity index is 630. The SMILES string of the molecule is CCN1C(=O)C2C(=Nc3n(C)c(C)c[n+]32)N(C)C1=O. The minimum atomic E-state index is -0.516. The van der Waals surface area contributed by atoms with E-state index >= 15 is 0 Å². The number of amides is 3. The Balaban J connectivity index is 2.17. The molecule has 1 aromatic heterocycles. The minimum Gasteiger partial charge on any atom is -0.270 e. The third kappa shape index (κ3) is 1.32. The van der Waals surface area contributed by atoms with Crippen LogP contribution in [0.4, 0.5) is 10.7 Å². The molecule has 7 heteroatoms. The summed E-state index contributed by atoms with van der Waals surface area (Å²) in [4.78, 5) is 31.7. The molecule has 0 saturated carbocycles. The molecule has 3 heterocycles. The van der Waals surface area contributed by atoms with Crippen LogP contribution < -0.4 is 4.57 Å². The molecule has 1 aromatic rings. The Morgan fingerprint density at radius 1 is 1.37 bits per heavy atom. The van der Waals surface area contributed by atoms with Crippen molar-refractivity contribution in [1.29, 1.82) is 0 Å². The van der Waals surface area contributed by atoms with E-state index in [1.807, 2.05) is 29.3 Å². The van der Waals surface area contributed by atoms with Crippen LogP contribution in [0, 0.1) is 6.92 Å². The van der Waals surface area contributed by atoms with E-state index in [-0.39, 0.29) is 11.9 Å². The lowest BCUT2D eigenvalue weighted by Gasteiger charge is -2.32. The quantitative estimate of drug-likeness (QED) is 0.675. The van der Waals surface area contributed by atoms with E-state index in [1.165, 1.54) is 9.80 Å². The fraction of sp³-hybridized carbons (Fsp3) is 0.500. The number of aromatic nitrogens is 2. The van der Waals surface area contributed by atoms with Gasteiger partial charge in [0.05, 0.1) is 7.05 Å². The van der Waals surface area contributed by atoms with Crippen LogP contribution in [-0.2, 0) is 11.8 Å². The zero-order chi connectivity index (χ0) is 13.9. The molecular weight excluding hydrogens is 246 g/mol. The number of amidine groups is 1. The lowest BCUT2D eigenvalue weighted by Crippen LogP contribution is -2.62. The van der Waals surface area contributed by atoms with Gasteiger partial charge in [-0.05, 0) is 13.8 Å². The largest absolute Gasteiger partial charge is 0.401 e. The van der Waals surface area contributed by atoms with Crippen LogP contribution in [0.5, 0.6) is 0 Å². The average molecular weight is 262 g/mol. The van der Waals surface area contributed by atoms with Gasteiger partial charge in [0.15, 0.2) is 0 Å². The van der Waals surface area contributed by atoms with Crippen LogP contribution in [0.15, 0.2) is 11.2 Å². The van der Waals surface area contributed by atoms with Crippen LogP contribution in [0.3, 0.4) is 0 Å². The van der Waals surface area contributed by atoms with Gasteiger partial charge in [0.2, 0.25) is 11.9 Å². The molecule has 1 atom stereocenters. The first kappa shape index (κ1) is 11.9. The molecule has 0 aliphatic carbocycles. The molecule has 3 amide bonds. The summed E-state index contributed by atoms with van der Waals surface area (Å²) in [6.07, 6.45) is 1.89. The van der Waals surface area contributed by atoms with Gasteiger partial charge in [-0.15, -0.1) is 0 Å². The number of hydrogen-bond donors (Lipinski definition) is 0. The maximum atomic E-state index is 12.4. The molecule has 2 aliphatic rings. The Morgan fingerprint density at radius 2 is 2.05 bits per heavy atom. The third-order valence-corrected chi connectivity index (χ3v) is 3.80. The fourth-order valence-corrected chi connectivity index (χ4v) is 2.59. The van der Waals surface area contributed by atoms with E-state index in [2.05, 4.69) is 4.99 Å². The summed E-state index contributed by atoms with van der Waals surface area (Å²) in [5.41, 5.74) is 1.02. The monoisotopic (exact) mass is 262 g/mol. The van der Waals surface area contributed by atoms with Gasteiger partial charge in [0.25, 0.3) is 5.91 Å². The van der Waals surface area contributed by atoms with Crippen LogP contribution in [0.2, 0.25) is 0 Å². The van der Waals surface area contributed by atoms with E-state index in [1.54, 1.807) is 14.0 Å². The summed E-state index contributed by atoms with van der Waals surface area (Å²) in [6, 6.07) is -0.829. The van der Waals surface area contributed by atoms with Crippen molar-refractivity contribution in [2.24, 2.45) is 12.0 Å². The van der Waals surface area contributed by atoms with Crippen molar-refractivity contribution in [1.82, 2.24) is 14.4 Å². The summed E-state index contributed by atoms with van der Waals surface area (Å²) in [7, 11) is 3.55. The van der Waals surface area contributed by atoms with Crippen LogP contribution in [0.25, 0.3) is 0 Å². The number of carbonyl (C=O) groups excluding carboxylic acids is 2. The second kappa shape index (κ2) is 3.66. The standard InChI is InChI=1S/C12H16N5O2/c1-5-16-10(18)8-9(15(4)12(16)19)13-11-14(3)7(2)6-17(8)11/h6,8H,5H2,1-4H3/q+1. The number of likely N-dealkylation sites (N-methyl/N-ethyl adjacent to an activating group) is 2. The highest BCUT2D eigenvalue weighted by Crippen LogP contribution is 2.28. The molecule has 0 radical (unpaired) electrons. The summed E-state index contributed by atoms with van der Waals surface area (Å²) >= 11 is 0. The van der Waals surface area contributed by atoms with Gasteiger partial charge in [-0.3, -0.25) is 14.6 Å². The third-order valence-electron chi connectivity index (χ3n) is 3.80. The second-order valence-electron chi connectivity index (χ2n) is 4.83. The lowest BCUT2D eigenvalue weighted by atomic mass is 10.1. The van der Waals surface area contributed by atoms with Crippen LogP contribution in [-0.4, -0.2) is 45.7 Å². The smallest absolute Gasteiger partial charge is 0.270 e. The van der Waals surface area contributed by atoms with E-state index in [4.69, 9.17) is 0 Å². The maximum absolute atomic E-state index is 12.4. The molecule has 0 bridgehead atoms. The first-order valence-corrected chi connectivity index (χ1v) is 6.22. The number of carbonyl (C=O) groups is 2. The highest BCUT2D eigenvalue weighted by atomic mass is 16.2. The molecule has 19 heavy (non-hydrogen) atoms. The zero-order valence-electron chi connectivity index (χ0n) is 11.4. The second-order valence-corrected chi connectivity index (χ2v) is 4.83. The van der Waals surface area contributed by atoms with Gasteiger partial charge >= 0.3 is 12.0 Å². The van der Waals surface area contributed by atoms with Gasteiger partial charge in [-0.1, -0.05) is 4.99 Å². The molecule has 0 N–H and O–H groups in total. The number of aryl methyl sites for hydroxylation is 1. The van der Waals surface area contributed by atoms with Crippen molar-refractivity contribution in [3.05, 3.63) is 11.9 Å². The normalized spacial score (nSPS) is 21.7. The first-order valence-electron chi connectivity index (χ1n) is 6.22. The van der Waals surface area contributed by atoms with E-state index in [0.717, 1.165) is 5.69 Å². The Morgan fingerprint density at radius 3 is 2.68 bits per heavy atom. The molecular formula is C12H16N5O2+. The molecule has 7 nitrogen and oxygen atoms in total. The number of aliphatic imine (C=N–C) groups is 1. The topological polar surface area (TPSA) is 61.8 Å². The molecule has 1 fully saturated rings. The predicted octanol–water partition coefficient (Wildman–Crippen LogP) is 0.120.